The molecule has 5 N–H and O–H groups in total. The highest BCUT2D eigenvalue weighted by molar-refractivity contribution is 5.48. The Bertz CT molecular complexity index is 505. The van der Waals surface area contributed by atoms with Gasteiger partial charge in [-0.3, -0.25) is 4.98 Å². The topological polar surface area (TPSA) is 103 Å². The van der Waals surface area contributed by atoms with Crippen molar-refractivity contribution in [3.63, 3.8) is 0 Å². The van der Waals surface area contributed by atoms with E-state index in [1.807, 2.05) is 19.1 Å². The maximum Gasteiger partial charge on any atom is 0.223 e. The normalized spacial score (nSPS) is 10.2. The van der Waals surface area contributed by atoms with Crippen molar-refractivity contribution in [1.29, 1.82) is 0 Å². The van der Waals surface area contributed by atoms with Gasteiger partial charge in [-0.1, -0.05) is 6.07 Å². The summed E-state index contributed by atoms with van der Waals surface area (Å²) in [5.74, 6) is 1.10. The molecule has 0 unspecified atom stereocenters. The highest BCUT2D eigenvalue weighted by atomic mass is 15.1. The van der Waals surface area contributed by atoms with Gasteiger partial charge in [-0.25, -0.2) is 0 Å². The van der Waals surface area contributed by atoms with Crippen LogP contribution in [0.2, 0.25) is 0 Å². The second-order valence-corrected chi connectivity index (χ2v) is 3.66. The van der Waals surface area contributed by atoms with E-state index in [9.17, 15) is 0 Å². The number of pyridine rings is 1. The van der Waals surface area contributed by atoms with Crippen molar-refractivity contribution >= 4 is 17.6 Å². The molecule has 0 aliphatic rings. The van der Waals surface area contributed by atoms with E-state index in [1.165, 1.54) is 0 Å². The highest BCUT2D eigenvalue weighted by Crippen LogP contribution is 2.11. The Morgan fingerprint density at radius 2 is 2.12 bits per heavy atom. The van der Waals surface area contributed by atoms with Crippen molar-refractivity contribution in [2.45, 2.75) is 13.5 Å². The molecule has 0 saturated heterocycles. The molecule has 0 aliphatic carbocycles. The summed E-state index contributed by atoms with van der Waals surface area (Å²) in [4.78, 5) is 12.1. The third-order valence-corrected chi connectivity index (χ3v) is 2.32. The smallest absolute Gasteiger partial charge is 0.223 e. The van der Waals surface area contributed by atoms with Crippen molar-refractivity contribution in [3.05, 3.63) is 35.7 Å². The number of rotatable bonds is 3. The van der Waals surface area contributed by atoms with Crippen molar-refractivity contribution in [2.75, 3.05) is 16.8 Å². The van der Waals surface area contributed by atoms with Crippen LogP contribution in [0.25, 0.3) is 0 Å². The fourth-order valence-electron chi connectivity index (χ4n) is 1.45. The van der Waals surface area contributed by atoms with E-state index >= 15 is 0 Å². The molecule has 17 heavy (non-hydrogen) atoms. The number of anilines is 3. The van der Waals surface area contributed by atoms with Crippen LogP contribution in [-0.2, 0) is 6.54 Å². The minimum absolute atomic E-state index is 0.158. The van der Waals surface area contributed by atoms with E-state index in [-0.39, 0.29) is 5.95 Å². The summed E-state index contributed by atoms with van der Waals surface area (Å²) >= 11 is 0. The molecular weight excluding hydrogens is 216 g/mol. The summed E-state index contributed by atoms with van der Waals surface area (Å²) in [6.07, 6.45) is 1.76. The van der Waals surface area contributed by atoms with Gasteiger partial charge in [-0.05, 0) is 18.6 Å². The van der Waals surface area contributed by atoms with Gasteiger partial charge >= 0.3 is 0 Å². The predicted molar refractivity (Wildman–Crippen MR) is 67.2 cm³/mol. The molecule has 0 fully saturated rings. The van der Waals surface area contributed by atoms with Crippen LogP contribution in [0.15, 0.2) is 24.4 Å². The predicted octanol–water partition coefficient (Wildman–Crippen LogP) is 0.957. The Balaban J connectivity index is 2.10. The van der Waals surface area contributed by atoms with Crippen molar-refractivity contribution in [1.82, 2.24) is 15.0 Å². The number of hydrogen-bond donors (Lipinski definition) is 3. The highest BCUT2D eigenvalue weighted by Gasteiger charge is 2.02. The fraction of sp³-hybridized carbons (Fsp3) is 0.182. The summed E-state index contributed by atoms with van der Waals surface area (Å²) < 4.78 is 0. The van der Waals surface area contributed by atoms with E-state index in [1.54, 1.807) is 12.3 Å². The molecule has 0 atom stereocenters. The second kappa shape index (κ2) is 4.65. The summed E-state index contributed by atoms with van der Waals surface area (Å²) in [7, 11) is 0. The lowest BCUT2D eigenvalue weighted by molar-refractivity contribution is 1.00. The Morgan fingerprint density at radius 1 is 1.29 bits per heavy atom. The number of nitrogens with zero attached hydrogens (tertiary/aromatic N) is 3. The van der Waals surface area contributed by atoms with E-state index in [0.717, 1.165) is 11.3 Å². The molecule has 6 nitrogen and oxygen atoms in total. The monoisotopic (exact) mass is 230 g/mol. The average Bonchev–Trinajstić information content (AvgIpc) is 2.27. The Morgan fingerprint density at radius 3 is 2.82 bits per heavy atom. The van der Waals surface area contributed by atoms with Crippen molar-refractivity contribution < 1.29 is 0 Å². The first kappa shape index (κ1) is 11.1. The first-order valence-electron chi connectivity index (χ1n) is 5.19. The van der Waals surface area contributed by atoms with Crippen LogP contribution in [0, 0.1) is 6.92 Å². The van der Waals surface area contributed by atoms with Gasteiger partial charge in [-0.2, -0.15) is 9.97 Å². The quantitative estimate of drug-likeness (QED) is 0.725. The van der Waals surface area contributed by atoms with Crippen LogP contribution in [0.4, 0.5) is 17.6 Å². The van der Waals surface area contributed by atoms with Crippen LogP contribution >= 0.6 is 0 Å². The van der Waals surface area contributed by atoms with Crippen molar-refractivity contribution in [3.8, 4) is 0 Å². The number of aromatic nitrogens is 3. The minimum Gasteiger partial charge on any atom is -0.383 e. The van der Waals surface area contributed by atoms with Crippen LogP contribution in [-0.4, -0.2) is 15.0 Å². The van der Waals surface area contributed by atoms with E-state index in [0.29, 0.717) is 18.2 Å². The van der Waals surface area contributed by atoms with Gasteiger partial charge in [0.25, 0.3) is 0 Å². The number of hydrogen-bond acceptors (Lipinski definition) is 6. The maximum absolute atomic E-state index is 5.57. The molecule has 0 bridgehead atoms. The lowest BCUT2D eigenvalue weighted by Gasteiger charge is -2.08. The maximum atomic E-state index is 5.57. The van der Waals surface area contributed by atoms with Crippen LogP contribution in [0.5, 0.6) is 0 Å². The summed E-state index contributed by atoms with van der Waals surface area (Å²) in [5, 5.41) is 3.11. The van der Waals surface area contributed by atoms with Gasteiger partial charge in [0.2, 0.25) is 5.95 Å². The molecule has 88 valence electrons. The summed E-state index contributed by atoms with van der Waals surface area (Å²) in [5.41, 5.74) is 13.2. The first-order valence-corrected chi connectivity index (χ1v) is 5.19. The molecule has 0 aromatic carbocycles. The molecule has 2 aromatic rings. The molecular formula is C11H14N6. The average molecular weight is 230 g/mol. The van der Waals surface area contributed by atoms with Gasteiger partial charge in [0.15, 0.2) is 0 Å². The number of nitrogen functional groups attached to an aromatic ring is 2. The van der Waals surface area contributed by atoms with Gasteiger partial charge < -0.3 is 16.8 Å². The molecule has 0 spiro atoms. The zero-order chi connectivity index (χ0) is 12.3. The Kier molecular flexibility index (Phi) is 3.04. The fourth-order valence-corrected chi connectivity index (χ4v) is 1.45. The molecule has 0 amide bonds. The van der Waals surface area contributed by atoms with Gasteiger partial charge in [0.1, 0.15) is 11.6 Å². The van der Waals surface area contributed by atoms with Crippen LogP contribution in [0.1, 0.15) is 11.3 Å². The Labute approximate surface area is 99.1 Å². The standard InChI is InChI=1S/C11H14N6/c1-7-3-2-4-14-8(7)6-15-10-5-9(12)16-11(13)17-10/h2-5H,6H2,1H3,(H5,12,13,15,16,17). The molecule has 2 rings (SSSR count). The molecule has 0 radical (unpaired) electrons. The Hall–Kier alpha value is -2.37. The SMILES string of the molecule is Cc1cccnc1CNc1cc(N)nc(N)n1. The van der Waals surface area contributed by atoms with Gasteiger partial charge in [-0.15, -0.1) is 0 Å². The minimum atomic E-state index is 0.158. The molecule has 2 aromatic heterocycles. The molecule has 0 aliphatic heterocycles. The third kappa shape index (κ3) is 2.81. The summed E-state index contributed by atoms with van der Waals surface area (Å²) in [6, 6.07) is 5.54. The zero-order valence-corrected chi connectivity index (χ0v) is 9.51. The zero-order valence-electron chi connectivity index (χ0n) is 9.51. The number of aryl methyl sites for hydroxylation is 1. The van der Waals surface area contributed by atoms with E-state index in [4.69, 9.17) is 11.5 Å². The number of nitrogens with one attached hydrogen (secondary N) is 1. The van der Waals surface area contributed by atoms with Gasteiger partial charge in [0.05, 0.1) is 12.2 Å². The van der Waals surface area contributed by atoms with Crippen molar-refractivity contribution in [2.24, 2.45) is 0 Å². The second-order valence-electron chi connectivity index (χ2n) is 3.66. The largest absolute Gasteiger partial charge is 0.383 e. The lowest BCUT2D eigenvalue weighted by Crippen LogP contribution is -2.07. The van der Waals surface area contributed by atoms with E-state index in [2.05, 4.69) is 20.3 Å². The number of nitrogens with two attached hydrogens (primary N) is 2. The van der Waals surface area contributed by atoms with Crippen LogP contribution in [0.3, 0.4) is 0 Å². The van der Waals surface area contributed by atoms with Crippen LogP contribution < -0.4 is 16.8 Å². The molecule has 6 heteroatoms. The molecule has 0 saturated carbocycles. The van der Waals surface area contributed by atoms with E-state index < -0.39 is 0 Å². The third-order valence-electron chi connectivity index (χ3n) is 2.32. The molecule has 2 heterocycles. The van der Waals surface area contributed by atoms with Gasteiger partial charge in [0, 0.05) is 12.3 Å². The first-order chi connectivity index (χ1) is 8.15. The summed E-state index contributed by atoms with van der Waals surface area (Å²) in [6.45, 7) is 2.58. The lowest BCUT2D eigenvalue weighted by atomic mass is 10.2.